The second-order valence-corrected chi connectivity index (χ2v) is 4.78. The summed E-state index contributed by atoms with van der Waals surface area (Å²) in [7, 11) is 0. The highest BCUT2D eigenvalue weighted by Gasteiger charge is 1.98. The van der Waals surface area contributed by atoms with E-state index in [1.807, 2.05) is 0 Å². The predicted octanol–water partition coefficient (Wildman–Crippen LogP) is 4.15. The van der Waals surface area contributed by atoms with Crippen molar-refractivity contribution in [2.24, 2.45) is 0 Å². The molecule has 4 heteroatoms. The van der Waals surface area contributed by atoms with Gasteiger partial charge in [-0.25, -0.2) is 0 Å². The number of nitrogens with one attached hydrogen (secondary N) is 1. The largest absolute Gasteiger partial charge is 0.493 e. The van der Waals surface area contributed by atoms with Crippen LogP contribution in [-0.4, -0.2) is 19.7 Å². The molecule has 0 unspecified atom stereocenters. The predicted molar refractivity (Wildman–Crippen MR) is 74.4 cm³/mol. The molecule has 1 aromatic carbocycles. The highest BCUT2D eigenvalue weighted by molar-refractivity contribution is 6.34. The molecule has 96 valence electrons. The van der Waals surface area contributed by atoms with Gasteiger partial charge in [0.15, 0.2) is 0 Å². The summed E-state index contributed by atoms with van der Waals surface area (Å²) in [5, 5.41) is 4.57. The molecular weight excluding hydrogens is 257 g/mol. The summed E-state index contributed by atoms with van der Waals surface area (Å²) in [5.41, 5.74) is 0. The summed E-state index contributed by atoms with van der Waals surface area (Å²) in [5.74, 6) is 0.740. The van der Waals surface area contributed by atoms with Gasteiger partial charge in [-0.15, -0.1) is 0 Å². The van der Waals surface area contributed by atoms with E-state index in [1.165, 1.54) is 6.42 Å². The lowest BCUT2D eigenvalue weighted by molar-refractivity contribution is 0.306. The van der Waals surface area contributed by atoms with Gasteiger partial charge < -0.3 is 10.1 Å². The molecular formula is C13H19Cl2NO. The Labute approximate surface area is 113 Å². The van der Waals surface area contributed by atoms with Crippen LogP contribution in [0.1, 0.15) is 26.2 Å². The summed E-state index contributed by atoms with van der Waals surface area (Å²) >= 11 is 11.7. The average molecular weight is 276 g/mol. The number of unbranched alkanes of at least 4 members (excludes halogenated alkanes) is 1. The van der Waals surface area contributed by atoms with E-state index in [0.717, 1.165) is 31.7 Å². The normalized spacial score (nSPS) is 10.5. The molecule has 17 heavy (non-hydrogen) atoms. The molecule has 0 fully saturated rings. The van der Waals surface area contributed by atoms with Crippen LogP contribution in [0.25, 0.3) is 0 Å². The van der Waals surface area contributed by atoms with Crippen LogP contribution in [0.2, 0.25) is 10.0 Å². The Kier molecular flexibility index (Phi) is 7.41. The fraction of sp³-hybridized carbons (Fsp3) is 0.538. The van der Waals surface area contributed by atoms with Crippen LogP contribution in [0, 0.1) is 0 Å². The zero-order chi connectivity index (χ0) is 12.5. The van der Waals surface area contributed by atoms with E-state index >= 15 is 0 Å². The third kappa shape index (κ3) is 6.77. The van der Waals surface area contributed by atoms with Crippen molar-refractivity contribution < 1.29 is 4.74 Å². The molecule has 0 aliphatic heterocycles. The Hall–Kier alpha value is -0.440. The first-order valence-corrected chi connectivity index (χ1v) is 6.77. The maximum absolute atomic E-state index is 5.87. The minimum Gasteiger partial charge on any atom is -0.493 e. The van der Waals surface area contributed by atoms with E-state index in [-0.39, 0.29) is 0 Å². The van der Waals surface area contributed by atoms with E-state index in [4.69, 9.17) is 27.9 Å². The van der Waals surface area contributed by atoms with Crippen LogP contribution in [0.5, 0.6) is 5.75 Å². The molecule has 0 radical (unpaired) electrons. The summed E-state index contributed by atoms with van der Waals surface area (Å²) in [6, 6.07) is 5.26. The second kappa shape index (κ2) is 8.62. The summed E-state index contributed by atoms with van der Waals surface area (Å²) < 4.78 is 5.58. The summed E-state index contributed by atoms with van der Waals surface area (Å²) in [4.78, 5) is 0. The minimum absolute atomic E-state index is 0.608. The molecule has 0 saturated carbocycles. The van der Waals surface area contributed by atoms with Crippen LogP contribution in [0.4, 0.5) is 0 Å². The van der Waals surface area contributed by atoms with Gasteiger partial charge in [0.1, 0.15) is 5.75 Å². The Balaban J connectivity index is 2.13. The first-order valence-electron chi connectivity index (χ1n) is 6.02. The minimum atomic E-state index is 0.608. The highest BCUT2D eigenvalue weighted by Crippen LogP contribution is 2.24. The molecule has 2 nitrogen and oxygen atoms in total. The number of hydrogen-bond donors (Lipinski definition) is 1. The van der Waals surface area contributed by atoms with Gasteiger partial charge in [0.05, 0.1) is 6.61 Å². The van der Waals surface area contributed by atoms with Crippen LogP contribution in [0.3, 0.4) is 0 Å². The van der Waals surface area contributed by atoms with Crippen molar-refractivity contribution >= 4 is 23.2 Å². The lowest BCUT2D eigenvalue weighted by atomic mass is 10.3. The molecule has 0 aliphatic rings. The van der Waals surface area contributed by atoms with E-state index in [1.54, 1.807) is 18.2 Å². The fourth-order valence-corrected chi connectivity index (χ4v) is 1.96. The highest BCUT2D eigenvalue weighted by atomic mass is 35.5. The Morgan fingerprint density at radius 2 is 1.76 bits per heavy atom. The maximum Gasteiger partial charge on any atom is 0.122 e. The summed E-state index contributed by atoms with van der Waals surface area (Å²) in [6.45, 7) is 5.00. The van der Waals surface area contributed by atoms with Crippen LogP contribution < -0.4 is 10.1 Å². The van der Waals surface area contributed by atoms with Gasteiger partial charge >= 0.3 is 0 Å². The number of benzene rings is 1. The number of rotatable bonds is 8. The quantitative estimate of drug-likeness (QED) is 0.720. The van der Waals surface area contributed by atoms with Crippen molar-refractivity contribution in [3.63, 3.8) is 0 Å². The van der Waals surface area contributed by atoms with Gasteiger partial charge in [0, 0.05) is 10.0 Å². The van der Waals surface area contributed by atoms with Gasteiger partial charge in [-0.05, 0) is 50.6 Å². The lowest BCUT2D eigenvalue weighted by Crippen LogP contribution is -2.16. The maximum atomic E-state index is 5.87. The molecule has 0 atom stereocenters. The van der Waals surface area contributed by atoms with Gasteiger partial charge in [0.25, 0.3) is 0 Å². The number of hydrogen-bond acceptors (Lipinski definition) is 2. The second-order valence-electron chi connectivity index (χ2n) is 3.91. The van der Waals surface area contributed by atoms with Gasteiger partial charge in [0.2, 0.25) is 0 Å². The molecule has 0 heterocycles. The van der Waals surface area contributed by atoms with Crippen molar-refractivity contribution in [2.75, 3.05) is 19.7 Å². The molecule has 1 rings (SSSR count). The summed E-state index contributed by atoms with van der Waals surface area (Å²) in [6.07, 6.45) is 3.33. The van der Waals surface area contributed by atoms with Crippen LogP contribution in [0.15, 0.2) is 18.2 Å². The molecule has 0 aromatic heterocycles. The van der Waals surface area contributed by atoms with E-state index < -0.39 is 0 Å². The third-order valence-electron chi connectivity index (χ3n) is 2.28. The number of halogens is 2. The standard InChI is InChI=1S/C13H19Cl2NO/c1-2-5-16-6-3-4-7-17-13-9-11(14)8-12(15)10-13/h8-10,16H,2-7H2,1H3. The van der Waals surface area contributed by atoms with Crippen molar-refractivity contribution in [1.29, 1.82) is 0 Å². The molecule has 1 N–H and O–H groups in total. The van der Waals surface area contributed by atoms with Crippen LogP contribution >= 0.6 is 23.2 Å². The van der Waals surface area contributed by atoms with Crippen molar-refractivity contribution in [3.8, 4) is 5.75 Å². The zero-order valence-electron chi connectivity index (χ0n) is 10.1. The smallest absolute Gasteiger partial charge is 0.122 e. The van der Waals surface area contributed by atoms with Crippen LogP contribution in [-0.2, 0) is 0 Å². The molecule has 0 amide bonds. The molecule has 1 aromatic rings. The van der Waals surface area contributed by atoms with Gasteiger partial charge in [-0.2, -0.15) is 0 Å². The Morgan fingerprint density at radius 3 is 2.41 bits per heavy atom. The molecule has 0 spiro atoms. The van der Waals surface area contributed by atoms with E-state index in [9.17, 15) is 0 Å². The van der Waals surface area contributed by atoms with Crippen molar-refractivity contribution in [2.45, 2.75) is 26.2 Å². The Bertz CT molecular complexity index is 311. The topological polar surface area (TPSA) is 21.3 Å². The van der Waals surface area contributed by atoms with E-state index in [2.05, 4.69) is 12.2 Å². The lowest BCUT2D eigenvalue weighted by Gasteiger charge is -2.07. The fourth-order valence-electron chi connectivity index (χ4n) is 1.46. The molecule has 0 aliphatic carbocycles. The van der Waals surface area contributed by atoms with E-state index in [0.29, 0.717) is 16.7 Å². The monoisotopic (exact) mass is 275 g/mol. The van der Waals surface area contributed by atoms with Crippen molar-refractivity contribution in [3.05, 3.63) is 28.2 Å². The zero-order valence-corrected chi connectivity index (χ0v) is 11.7. The van der Waals surface area contributed by atoms with Crippen molar-refractivity contribution in [1.82, 2.24) is 5.32 Å². The first-order chi connectivity index (χ1) is 8.22. The molecule has 0 bridgehead atoms. The Morgan fingerprint density at radius 1 is 1.06 bits per heavy atom. The molecule has 0 saturated heterocycles. The average Bonchev–Trinajstić information content (AvgIpc) is 2.26. The third-order valence-corrected chi connectivity index (χ3v) is 2.72. The van der Waals surface area contributed by atoms with Gasteiger partial charge in [-0.3, -0.25) is 0 Å². The SMILES string of the molecule is CCCNCCCCOc1cc(Cl)cc(Cl)c1. The van der Waals surface area contributed by atoms with Gasteiger partial charge in [-0.1, -0.05) is 30.1 Å². The first kappa shape index (κ1) is 14.6. The number of ether oxygens (including phenoxy) is 1.